The van der Waals surface area contributed by atoms with Crippen molar-refractivity contribution < 1.29 is 4.79 Å². The van der Waals surface area contributed by atoms with Crippen LogP contribution < -0.4 is 5.32 Å². The first-order valence-electron chi connectivity index (χ1n) is 6.68. The Bertz CT molecular complexity index is 595. The monoisotopic (exact) mass is 331 g/mol. The van der Waals surface area contributed by atoms with Crippen molar-refractivity contribution in [3.63, 3.8) is 0 Å². The summed E-state index contributed by atoms with van der Waals surface area (Å²) in [6, 6.07) is 16.0. The minimum absolute atomic E-state index is 0.0380. The molecule has 0 heterocycles. The van der Waals surface area contributed by atoms with Crippen molar-refractivity contribution in [3.05, 3.63) is 69.7 Å². The van der Waals surface area contributed by atoms with Gasteiger partial charge < -0.3 is 5.32 Å². The topological polar surface area (TPSA) is 29.1 Å². The second-order valence-electron chi connectivity index (χ2n) is 5.00. The molecule has 104 valence electrons. The fourth-order valence-electron chi connectivity index (χ4n) is 2.14. The van der Waals surface area contributed by atoms with Gasteiger partial charge in [0, 0.05) is 10.5 Å². The van der Waals surface area contributed by atoms with Gasteiger partial charge in [-0.2, -0.15) is 0 Å². The van der Waals surface area contributed by atoms with Gasteiger partial charge in [0.2, 0.25) is 0 Å². The minimum atomic E-state index is -0.0380. The Hall–Kier alpha value is -1.61. The van der Waals surface area contributed by atoms with E-state index in [0.29, 0.717) is 5.56 Å². The Morgan fingerprint density at radius 1 is 1.15 bits per heavy atom. The van der Waals surface area contributed by atoms with Gasteiger partial charge in [-0.3, -0.25) is 4.79 Å². The number of hydrogen-bond donors (Lipinski definition) is 1. The molecule has 0 saturated carbocycles. The molecule has 1 N–H and O–H groups in total. The van der Waals surface area contributed by atoms with Gasteiger partial charge in [0.15, 0.2) is 0 Å². The summed E-state index contributed by atoms with van der Waals surface area (Å²) in [6.07, 6.45) is 0.829. The van der Waals surface area contributed by atoms with E-state index in [-0.39, 0.29) is 11.9 Å². The largest absolute Gasteiger partial charge is 0.349 e. The Morgan fingerprint density at radius 2 is 1.85 bits per heavy atom. The molecule has 3 heteroatoms. The van der Waals surface area contributed by atoms with Gasteiger partial charge in [0.25, 0.3) is 5.91 Å². The molecule has 2 aromatic carbocycles. The van der Waals surface area contributed by atoms with Crippen LogP contribution in [-0.4, -0.2) is 11.9 Å². The van der Waals surface area contributed by atoms with Crippen LogP contribution in [0.15, 0.2) is 53.0 Å². The number of carbonyl (C=O) groups is 1. The van der Waals surface area contributed by atoms with E-state index in [9.17, 15) is 4.79 Å². The summed E-state index contributed by atoms with van der Waals surface area (Å²) in [5.74, 6) is -0.0380. The molecule has 0 spiro atoms. The highest BCUT2D eigenvalue weighted by Gasteiger charge is 2.13. The second kappa shape index (κ2) is 6.71. The van der Waals surface area contributed by atoms with Gasteiger partial charge >= 0.3 is 0 Å². The molecule has 0 aromatic heterocycles. The van der Waals surface area contributed by atoms with Crippen LogP contribution in [-0.2, 0) is 6.42 Å². The highest BCUT2D eigenvalue weighted by Crippen LogP contribution is 2.21. The molecule has 0 fully saturated rings. The van der Waals surface area contributed by atoms with Crippen LogP contribution in [0.1, 0.15) is 28.4 Å². The quantitative estimate of drug-likeness (QED) is 0.897. The van der Waals surface area contributed by atoms with Crippen molar-refractivity contribution in [2.75, 3.05) is 0 Å². The van der Waals surface area contributed by atoms with E-state index in [1.54, 1.807) is 0 Å². The summed E-state index contributed by atoms with van der Waals surface area (Å²) in [5, 5.41) is 3.04. The highest BCUT2D eigenvalue weighted by molar-refractivity contribution is 9.10. The van der Waals surface area contributed by atoms with Crippen LogP contribution >= 0.6 is 15.9 Å². The summed E-state index contributed by atoms with van der Waals surface area (Å²) in [4.78, 5) is 12.3. The SMILES string of the molecule is Cc1cccc(C(=O)NC(C)Cc2ccccc2)c1Br. The number of nitrogens with one attached hydrogen (secondary N) is 1. The van der Waals surface area contributed by atoms with E-state index >= 15 is 0 Å². The number of aryl methyl sites for hydroxylation is 1. The van der Waals surface area contributed by atoms with Gasteiger partial charge in [-0.15, -0.1) is 0 Å². The molecule has 2 rings (SSSR count). The average Bonchev–Trinajstić information content (AvgIpc) is 2.42. The van der Waals surface area contributed by atoms with E-state index in [1.807, 2.05) is 50.2 Å². The van der Waals surface area contributed by atoms with Gasteiger partial charge in [-0.05, 0) is 53.4 Å². The third-order valence-corrected chi connectivity index (χ3v) is 4.25. The number of rotatable bonds is 4. The summed E-state index contributed by atoms with van der Waals surface area (Å²) in [5.41, 5.74) is 2.97. The van der Waals surface area contributed by atoms with Gasteiger partial charge in [-0.25, -0.2) is 0 Å². The third kappa shape index (κ3) is 3.70. The molecule has 20 heavy (non-hydrogen) atoms. The summed E-state index contributed by atoms with van der Waals surface area (Å²) in [6.45, 7) is 4.00. The Labute approximate surface area is 128 Å². The molecular formula is C17H18BrNO. The number of amides is 1. The zero-order chi connectivity index (χ0) is 14.5. The van der Waals surface area contributed by atoms with Crippen molar-refractivity contribution >= 4 is 21.8 Å². The molecule has 1 atom stereocenters. The van der Waals surface area contributed by atoms with E-state index in [1.165, 1.54) is 5.56 Å². The predicted octanol–water partition coefficient (Wildman–Crippen LogP) is 4.12. The lowest BCUT2D eigenvalue weighted by Gasteiger charge is -2.15. The molecule has 0 aliphatic rings. The Morgan fingerprint density at radius 3 is 2.55 bits per heavy atom. The van der Waals surface area contributed by atoms with Crippen LogP contribution in [0.4, 0.5) is 0 Å². The number of benzene rings is 2. The van der Waals surface area contributed by atoms with Crippen LogP contribution in [0.3, 0.4) is 0 Å². The fraction of sp³-hybridized carbons (Fsp3) is 0.235. The molecule has 0 aliphatic carbocycles. The molecule has 0 radical (unpaired) electrons. The first kappa shape index (κ1) is 14.8. The first-order chi connectivity index (χ1) is 9.58. The Balaban J connectivity index is 2.02. The maximum atomic E-state index is 12.3. The molecule has 1 unspecified atom stereocenters. The van der Waals surface area contributed by atoms with Crippen LogP contribution in [0.25, 0.3) is 0 Å². The summed E-state index contributed by atoms with van der Waals surface area (Å²) < 4.78 is 0.865. The van der Waals surface area contributed by atoms with Crippen molar-refractivity contribution in [1.29, 1.82) is 0 Å². The molecule has 0 saturated heterocycles. The molecule has 0 bridgehead atoms. The molecule has 2 aromatic rings. The molecule has 0 aliphatic heterocycles. The predicted molar refractivity (Wildman–Crippen MR) is 86.0 cm³/mol. The van der Waals surface area contributed by atoms with E-state index < -0.39 is 0 Å². The zero-order valence-electron chi connectivity index (χ0n) is 11.7. The Kier molecular flexibility index (Phi) is 4.96. The summed E-state index contributed by atoms with van der Waals surface area (Å²) in [7, 11) is 0. The number of halogens is 1. The lowest BCUT2D eigenvalue weighted by molar-refractivity contribution is 0.0939. The van der Waals surface area contributed by atoms with Crippen LogP contribution in [0.5, 0.6) is 0 Å². The van der Waals surface area contributed by atoms with E-state index in [0.717, 1.165) is 16.5 Å². The third-order valence-electron chi connectivity index (χ3n) is 3.20. The van der Waals surface area contributed by atoms with Crippen LogP contribution in [0, 0.1) is 6.92 Å². The fourth-order valence-corrected chi connectivity index (χ4v) is 2.59. The van der Waals surface area contributed by atoms with Crippen molar-refractivity contribution in [3.8, 4) is 0 Å². The van der Waals surface area contributed by atoms with Gasteiger partial charge in [0.05, 0.1) is 5.56 Å². The lowest BCUT2D eigenvalue weighted by Crippen LogP contribution is -2.34. The van der Waals surface area contributed by atoms with Crippen molar-refractivity contribution in [2.24, 2.45) is 0 Å². The van der Waals surface area contributed by atoms with Crippen molar-refractivity contribution in [2.45, 2.75) is 26.3 Å². The van der Waals surface area contributed by atoms with Gasteiger partial charge in [-0.1, -0.05) is 42.5 Å². The normalized spacial score (nSPS) is 11.9. The second-order valence-corrected chi connectivity index (χ2v) is 5.79. The summed E-state index contributed by atoms with van der Waals surface area (Å²) >= 11 is 3.48. The van der Waals surface area contributed by atoms with E-state index in [4.69, 9.17) is 0 Å². The molecule has 1 amide bonds. The molecular weight excluding hydrogens is 314 g/mol. The first-order valence-corrected chi connectivity index (χ1v) is 7.47. The number of carbonyl (C=O) groups excluding carboxylic acids is 1. The minimum Gasteiger partial charge on any atom is -0.349 e. The molecule has 2 nitrogen and oxygen atoms in total. The van der Waals surface area contributed by atoms with E-state index in [2.05, 4.69) is 33.4 Å². The zero-order valence-corrected chi connectivity index (χ0v) is 13.3. The van der Waals surface area contributed by atoms with Crippen molar-refractivity contribution in [1.82, 2.24) is 5.32 Å². The standard InChI is InChI=1S/C17H18BrNO/c1-12-7-6-10-15(16(12)18)17(20)19-13(2)11-14-8-4-3-5-9-14/h3-10,13H,11H2,1-2H3,(H,19,20). The number of hydrogen-bond acceptors (Lipinski definition) is 1. The highest BCUT2D eigenvalue weighted by atomic mass is 79.9. The van der Waals surface area contributed by atoms with Crippen LogP contribution in [0.2, 0.25) is 0 Å². The maximum Gasteiger partial charge on any atom is 0.252 e. The average molecular weight is 332 g/mol. The van der Waals surface area contributed by atoms with Gasteiger partial charge in [0.1, 0.15) is 0 Å². The smallest absolute Gasteiger partial charge is 0.252 e. The maximum absolute atomic E-state index is 12.3. The lowest BCUT2D eigenvalue weighted by atomic mass is 10.1.